The number of benzene rings is 1. The van der Waals surface area contributed by atoms with Crippen molar-refractivity contribution in [2.75, 3.05) is 6.54 Å². The molecule has 1 aromatic carbocycles. The number of halogens is 4. The van der Waals surface area contributed by atoms with E-state index in [2.05, 4.69) is 15.0 Å². The van der Waals surface area contributed by atoms with Crippen LogP contribution in [0.15, 0.2) is 42.7 Å². The fraction of sp³-hybridized carbons (Fsp3) is 0.267. The minimum absolute atomic E-state index is 0.0200. The molecular weight excluding hydrogens is 316 g/mol. The molecule has 0 fully saturated rings. The lowest BCUT2D eigenvalue weighted by Gasteiger charge is -2.15. The van der Waals surface area contributed by atoms with Crippen LogP contribution in [-0.2, 0) is 6.54 Å². The van der Waals surface area contributed by atoms with E-state index in [1.165, 1.54) is 18.5 Å². The zero-order valence-corrected chi connectivity index (χ0v) is 11.8. The van der Waals surface area contributed by atoms with Gasteiger partial charge in [0.25, 0.3) is 0 Å². The van der Waals surface area contributed by atoms with Gasteiger partial charge in [-0.05, 0) is 23.8 Å². The smallest absolute Gasteiger partial charge is 0.405 e. The Hall–Kier alpha value is -2.19. The van der Waals surface area contributed by atoms with E-state index < -0.39 is 24.0 Å². The van der Waals surface area contributed by atoms with Crippen molar-refractivity contribution in [2.24, 2.45) is 0 Å². The quantitative estimate of drug-likeness (QED) is 0.800. The van der Waals surface area contributed by atoms with Gasteiger partial charge in [-0.3, -0.25) is 4.98 Å². The highest BCUT2D eigenvalue weighted by Gasteiger charge is 2.32. The van der Waals surface area contributed by atoms with E-state index in [0.29, 0.717) is 11.6 Å². The number of pyridine rings is 1. The van der Waals surface area contributed by atoms with Gasteiger partial charge in [0.15, 0.2) is 0 Å². The maximum absolute atomic E-state index is 13.1. The summed E-state index contributed by atoms with van der Waals surface area (Å²) in [6.07, 6.45) is -2.70. The first-order valence-electron chi connectivity index (χ1n) is 6.68. The number of aliphatic hydroxyl groups excluding tert-OH is 1. The number of alkyl halides is 3. The molecule has 1 atom stereocenters. The van der Waals surface area contributed by atoms with Crippen molar-refractivity contribution < 1.29 is 27.4 Å². The molecular formula is C15H14F4N2O2. The number of rotatable bonds is 6. The van der Waals surface area contributed by atoms with Crippen LogP contribution in [0.1, 0.15) is 17.2 Å². The summed E-state index contributed by atoms with van der Waals surface area (Å²) in [6, 6.07) is 6.16. The summed E-state index contributed by atoms with van der Waals surface area (Å²) in [5.41, 5.74) is 0.754. The van der Waals surface area contributed by atoms with Gasteiger partial charge in [0.2, 0.25) is 0 Å². The average molecular weight is 330 g/mol. The highest BCUT2D eigenvalue weighted by Crippen LogP contribution is 2.27. The fourth-order valence-corrected chi connectivity index (χ4v) is 1.94. The van der Waals surface area contributed by atoms with Crippen molar-refractivity contribution in [1.82, 2.24) is 10.3 Å². The second kappa shape index (κ2) is 7.38. The molecule has 0 aliphatic rings. The second-order valence-electron chi connectivity index (χ2n) is 4.73. The normalized spacial score (nSPS) is 12.9. The Morgan fingerprint density at radius 3 is 2.52 bits per heavy atom. The van der Waals surface area contributed by atoms with Crippen molar-refractivity contribution in [3.05, 3.63) is 59.7 Å². The first kappa shape index (κ1) is 17.2. The summed E-state index contributed by atoms with van der Waals surface area (Å²) >= 11 is 0. The molecule has 1 aromatic heterocycles. The van der Waals surface area contributed by atoms with Crippen LogP contribution < -0.4 is 10.1 Å². The van der Waals surface area contributed by atoms with Gasteiger partial charge >= 0.3 is 6.36 Å². The van der Waals surface area contributed by atoms with Gasteiger partial charge in [0, 0.05) is 37.1 Å². The number of hydrogen-bond donors (Lipinski definition) is 2. The summed E-state index contributed by atoms with van der Waals surface area (Å²) in [6.45, 7) is 0.0840. The fourth-order valence-electron chi connectivity index (χ4n) is 1.94. The molecule has 2 aromatic rings. The Balaban J connectivity index is 1.97. The highest BCUT2D eigenvalue weighted by molar-refractivity contribution is 5.34. The van der Waals surface area contributed by atoms with Crippen molar-refractivity contribution in [2.45, 2.75) is 19.0 Å². The van der Waals surface area contributed by atoms with E-state index in [-0.39, 0.29) is 18.7 Å². The molecule has 4 nitrogen and oxygen atoms in total. The van der Waals surface area contributed by atoms with Gasteiger partial charge in [-0.15, -0.1) is 13.2 Å². The van der Waals surface area contributed by atoms with Crippen molar-refractivity contribution in [3.8, 4) is 5.75 Å². The molecule has 0 aliphatic heterocycles. The monoisotopic (exact) mass is 330 g/mol. The Kier molecular flexibility index (Phi) is 5.51. The summed E-state index contributed by atoms with van der Waals surface area (Å²) in [5, 5.41) is 12.7. The molecule has 23 heavy (non-hydrogen) atoms. The Labute approximate surface area is 129 Å². The van der Waals surface area contributed by atoms with Crippen molar-refractivity contribution in [3.63, 3.8) is 0 Å². The SMILES string of the molecule is OC(CNCc1ccc(F)cc1OC(F)(F)F)c1ccncc1. The van der Waals surface area contributed by atoms with E-state index >= 15 is 0 Å². The number of nitrogens with one attached hydrogen (secondary N) is 1. The molecule has 0 bridgehead atoms. The van der Waals surface area contributed by atoms with Crippen LogP contribution in [0.3, 0.4) is 0 Å². The van der Waals surface area contributed by atoms with E-state index in [4.69, 9.17) is 0 Å². The Morgan fingerprint density at radius 2 is 1.87 bits per heavy atom. The minimum Gasteiger partial charge on any atom is -0.405 e. The first-order valence-corrected chi connectivity index (χ1v) is 6.68. The number of hydrogen-bond acceptors (Lipinski definition) is 4. The summed E-state index contributed by atoms with van der Waals surface area (Å²) in [5.74, 6) is -1.44. The van der Waals surface area contributed by atoms with Crippen LogP contribution in [0.25, 0.3) is 0 Å². The van der Waals surface area contributed by atoms with E-state index in [9.17, 15) is 22.7 Å². The standard InChI is InChI=1S/C15H14F4N2O2/c16-12-2-1-11(14(7-12)23-15(17,18)19)8-21-9-13(22)10-3-5-20-6-4-10/h1-7,13,21-22H,8-9H2. The topological polar surface area (TPSA) is 54.4 Å². The number of ether oxygens (including phenoxy) is 1. The maximum Gasteiger partial charge on any atom is 0.573 e. The number of aliphatic hydroxyl groups is 1. The lowest BCUT2D eigenvalue weighted by molar-refractivity contribution is -0.275. The Morgan fingerprint density at radius 1 is 1.17 bits per heavy atom. The number of aromatic nitrogens is 1. The van der Waals surface area contributed by atoms with Crippen LogP contribution in [0.4, 0.5) is 17.6 Å². The van der Waals surface area contributed by atoms with E-state index in [0.717, 1.165) is 6.07 Å². The molecule has 0 spiro atoms. The first-order chi connectivity index (χ1) is 10.8. The lowest BCUT2D eigenvalue weighted by Crippen LogP contribution is -2.23. The maximum atomic E-state index is 13.1. The van der Waals surface area contributed by atoms with Crippen molar-refractivity contribution in [1.29, 1.82) is 0 Å². The van der Waals surface area contributed by atoms with Gasteiger partial charge in [-0.2, -0.15) is 0 Å². The van der Waals surface area contributed by atoms with Gasteiger partial charge in [-0.1, -0.05) is 6.07 Å². The van der Waals surface area contributed by atoms with E-state index in [1.54, 1.807) is 12.1 Å². The third-order valence-electron chi connectivity index (χ3n) is 3.00. The Bertz CT molecular complexity index is 635. The third-order valence-corrected chi connectivity index (χ3v) is 3.00. The molecule has 1 unspecified atom stereocenters. The molecule has 0 saturated heterocycles. The summed E-state index contributed by atoms with van der Waals surface area (Å²) in [7, 11) is 0. The molecule has 124 valence electrons. The second-order valence-corrected chi connectivity index (χ2v) is 4.73. The van der Waals surface area contributed by atoms with Gasteiger partial charge in [-0.25, -0.2) is 4.39 Å². The average Bonchev–Trinajstić information content (AvgIpc) is 2.48. The molecule has 0 amide bonds. The van der Waals surface area contributed by atoms with Crippen LogP contribution in [0, 0.1) is 5.82 Å². The summed E-state index contributed by atoms with van der Waals surface area (Å²) < 4.78 is 53.8. The van der Waals surface area contributed by atoms with Gasteiger partial charge in [0.1, 0.15) is 11.6 Å². The zero-order chi connectivity index (χ0) is 16.9. The molecule has 8 heteroatoms. The van der Waals surface area contributed by atoms with Crippen LogP contribution in [0.5, 0.6) is 5.75 Å². The lowest BCUT2D eigenvalue weighted by atomic mass is 10.1. The molecule has 0 saturated carbocycles. The largest absolute Gasteiger partial charge is 0.573 e. The van der Waals surface area contributed by atoms with E-state index in [1.807, 2.05) is 0 Å². The zero-order valence-electron chi connectivity index (χ0n) is 11.8. The van der Waals surface area contributed by atoms with Crippen LogP contribution in [0.2, 0.25) is 0 Å². The molecule has 2 rings (SSSR count). The predicted molar refractivity (Wildman–Crippen MR) is 74.0 cm³/mol. The van der Waals surface area contributed by atoms with Gasteiger partial charge in [0.05, 0.1) is 6.10 Å². The third kappa shape index (κ3) is 5.50. The molecule has 2 N–H and O–H groups in total. The van der Waals surface area contributed by atoms with Gasteiger partial charge < -0.3 is 15.2 Å². The summed E-state index contributed by atoms with van der Waals surface area (Å²) in [4.78, 5) is 3.82. The molecule has 0 aliphatic carbocycles. The predicted octanol–water partition coefficient (Wildman–Crippen LogP) is 2.94. The number of nitrogens with zero attached hydrogens (tertiary/aromatic N) is 1. The highest BCUT2D eigenvalue weighted by atomic mass is 19.4. The molecule has 1 heterocycles. The van der Waals surface area contributed by atoms with Crippen LogP contribution in [-0.4, -0.2) is 23.0 Å². The van der Waals surface area contributed by atoms with Crippen molar-refractivity contribution >= 4 is 0 Å². The van der Waals surface area contributed by atoms with Crippen LogP contribution >= 0.6 is 0 Å². The molecule has 0 radical (unpaired) electrons. The minimum atomic E-state index is -4.90.